The topological polar surface area (TPSA) is 6.48 Å². The molecule has 534 valence electrons. The molecule has 0 aromatic heterocycles. The van der Waals surface area contributed by atoms with Crippen LogP contribution in [-0.4, -0.2) is 26.2 Å². The Hall–Kier alpha value is -9.36. The minimum atomic E-state index is 0.933. The van der Waals surface area contributed by atoms with Crippen LogP contribution in [0.5, 0.6) is 0 Å². The predicted molar refractivity (Wildman–Crippen MR) is 453 cm³/mol. The van der Waals surface area contributed by atoms with Gasteiger partial charge in [0.1, 0.15) is 0 Å². The molecule has 0 saturated carbocycles. The third-order valence-corrected chi connectivity index (χ3v) is 20.9. The Morgan fingerprint density at radius 2 is 0.327 bits per heavy atom. The van der Waals surface area contributed by atoms with E-state index in [1.807, 2.05) is 0 Å². The molecular formula is C102H116N2. The molecule has 0 bridgehead atoms. The molecular weight excluding hydrogens is 1250 g/mol. The summed E-state index contributed by atoms with van der Waals surface area (Å²) in [5.41, 5.74) is 12.6. The summed E-state index contributed by atoms with van der Waals surface area (Å²) in [4.78, 5) is 5.29. The lowest BCUT2D eigenvalue weighted by molar-refractivity contribution is 0.555. The van der Waals surface area contributed by atoms with E-state index in [1.165, 1.54) is 217 Å². The second-order valence-electron chi connectivity index (χ2n) is 29.1. The Bertz CT molecular complexity index is 4130. The van der Waals surface area contributed by atoms with Crippen LogP contribution in [0.3, 0.4) is 0 Å². The van der Waals surface area contributed by atoms with Crippen LogP contribution in [0.4, 0.5) is 11.4 Å². The first-order valence-electron chi connectivity index (χ1n) is 40.9. The summed E-state index contributed by atoms with van der Waals surface area (Å²) in [7, 11) is 0. The molecule has 2 nitrogen and oxygen atoms in total. The van der Waals surface area contributed by atoms with E-state index in [0.717, 1.165) is 125 Å². The molecule has 0 heterocycles. The van der Waals surface area contributed by atoms with E-state index in [-0.39, 0.29) is 0 Å². The predicted octanol–water partition coefficient (Wildman–Crippen LogP) is 27.5. The third kappa shape index (κ3) is 24.1. The Morgan fingerprint density at radius 3 is 0.510 bits per heavy atom. The largest absolute Gasteiger partial charge is 0.372 e. The molecule has 0 amide bonds. The molecule has 0 N–H and O–H groups in total. The van der Waals surface area contributed by atoms with Gasteiger partial charge >= 0.3 is 0 Å². The molecule has 104 heavy (non-hydrogen) atoms. The number of nitrogens with zero attached hydrogens (tertiary/aromatic N) is 2. The van der Waals surface area contributed by atoms with Crippen LogP contribution in [0.2, 0.25) is 0 Å². The lowest BCUT2D eigenvalue weighted by Gasteiger charge is -2.25. The number of rotatable bonds is 38. The van der Waals surface area contributed by atoms with Gasteiger partial charge in [0.15, 0.2) is 0 Å². The number of anilines is 2. The minimum Gasteiger partial charge on any atom is -0.372 e. The summed E-state index contributed by atoms with van der Waals surface area (Å²) >= 11 is 0. The van der Waals surface area contributed by atoms with Crippen LogP contribution in [0.25, 0.3) is 43.1 Å². The number of fused-ring (bicyclic) bond motifs is 4. The molecule has 2 heteroatoms. The Morgan fingerprint density at radius 1 is 0.173 bits per heavy atom. The zero-order valence-electron chi connectivity index (χ0n) is 63.8. The van der Waals surface area contributed by atoms with Gasteiger partial charge < -0.3 is 9.80 Å². The lowest BCUT2D eigenvalue weighted by atomic mass is 9.92. The van der Waals surface area contributed by atoms with E-state index in [0.29, 0.717) is 0 Å². The van der Waals surface area contributed by atoms with Crippen molar-refractivity contribution >= 4 is 54.5 Å². The quantitative estimate of drug-likeness (QED) is 0.0216. The highest BCUT2D eigenvalue weighted by Crippen LogP contribution is 2.35. The fraction of sp³-hybridized carbons (Fsp3) is 0.392. The highest BCUT2D eigenvalue weighted by molar-refractivity contribution is 6.11. The van der Waals surface area contributed by atoms with Gasteiger partial charge in [0.2, 0.25) is 0 Å². The average molecular weight is 1370 g/mol. The van der Waals surface area contributed by atoms with Gasteiger partial charge in [-0.15, -0.1) is 0 Å². The highest BCUT2D eigenvalue weighted by Gasteiger charge is 2.15. The van der Waals surface area contributed by atoms with Gasteiger partial charge in [-0.1, -0.05) is 364 Å². The second kappa shape index (κ2) is 44.3. The molecule has 0 spiro atoms. The first-order valence-corrected chi connectivity index (χ1v) is 40.9. The lowest BCUT2D eigenvalue weighted by Crippen LogP contribution is -2.25. The Kier molecular flexibility index (Phi) is 32.9. The van der Waals surface area contributed by atoms with E-state index < -0.39 is 0 Å². The smallest absolute Gasteiger partial charge is 0.0406 e. The van der Waals surface area contributed by atoms with Gasteiger partial charge in [-0.2, -0.15) is 0 Å². The van der Waals surface area contributed by atoms with Crippen molar-refractivity contribution in [2.45, 2.75) is 233 Å². The van der Waals surface area contributed by atoms with Crippen molar-refractivity contribution in [2.75, 3.05) is 36.0 Å². The second-order valence-corrected chi connectivity index (χ2v) is 29.1. The molecule has 0 fully saturated rings. The fourth-order valence-electron chi connectivity index (χ4n) is 14.7. The van der Waals surface area contributed by atoms with Crippen LogP contribution < -0.4 is 9.80 Å². The van der Waals surface area contributed by atoms with Crippen molar-refractivity contribution in [1.29, 1.82) is 0 Å². The molecule has 0 unspecified atom stereocenters. The summed E-state index contributed by atoms with van der Waals surface area (Å²) in [6.07, 6.45) is 43.0. The zero-order chi connectivity index (χ0) is 71.9. The first-order chi connectivity index (χ1) is 51.5. The van der Waals surface area contributed by atoms with Crippen LogP contribution in [0.15, 0.2) is 194 Å². The highest BCUT2D eigenvalue weighted by atomic mass is 15.1. The van der Waals surface area contributed by atoms with Crippen LogP contribution in [0.1, 0.15) is 289 Å². The van der Waals surface area contributed by atoms with Gasteiger partial charge in [-0.05, 0) is 166 Å². The molecule has 0 aliphatic rings. The molecule has 0 aliphatic heterocycles. The van der Waals surface area contributed by atoms with E-state index >= 15 is 0 Å². The molecule has 0 saturated heterocycles. The standard InChI is InChI=1S/C102H116N2/c1-5-9-13-17-21-25-29-41-79-103(80-42-30-26-22-18-14-10-6-2)89-71-63-87(64-72-89)69-77-101-95-49-37-33-45-91(95)99(92-46-34-38-50-96(92)101)75-67-85-59-55-83(56-60-85)53-54-84-57-61-86(62-58-84)68-76-100-93-47-35-39-51-97(93)102(98-52-40-36-48-94(98)100)78-70-88-65-73-90(74-66-88)104(81-43-31-27-23-19-15-11-7-3)82-44-32-28-24-20-16-12-8-4/h33-40,45-52,55-66,71-74H,5-32,41-44,79-82H2,1-4H3. The van der Waals surface area contributed by atoms with Crippen molar-refractivity contribution in [2.24, 2.45) is 0 Å². The minimum absolute atomic E-state index is 0.933. The van der Waals surface area contributed by atoms with Gasteiger partial charge in [0.25, 0.3) is 0 Å². The van der Waals surface area contributed by atoms with Crippen molar-refractivity contribution in [3.8, 4) is 59.2 Å². The SMILES string of the molecule is CCCCCCCCCCN(CCCCCCCCCC)c1ccc(C#Cc2c3ccccc3c(C#Cc3ccc(C#Cc4ccc(C#Cc5c6ccccc6c(C#Cc6ccc(N(CCCCCCCCCC)CCCCCCCCCC)cc6)c6ccccc56)cc4)cc3)c3ccccc23)cc1. The Balaban J connectivity index is 0.787. The molecule has 0 atom stereocenters. The van der Waals surface area contributed by atoms with Gasteiger partial charge in [0, 0.05) is 93.2 Å². The summed E-state index contributed by atoms with van der Waals surface area (Å²) in [6, 6.07) is 69.2. The molecule has 10 aromatic rings. The van der Waals surface area contributed by atoms with E-state index in [9.17, 15) is 0 Å². The van der Waals surface area contributed by atoms with Gasteiger partial charge in [0.05, 0.1) is 0 Å². The van der Waals surface area contributed by atoms with Crippen LogP contribution >= 0.6 is 0 Å². The summed E-state index contributed by atoms with van der Waals surface area (Å²) in [6.45, 7) is 13.7. The monoisotopic (exact) mass is 1370 g/mol. The fourth-order valence-corrected chi connectivity index (χ4v) is 14.7. The number of hydrogen-bond acceptors (Lipinski definition) is 2. The molecule has 10 rings (SSSR count). The number of hydrogen-bond donors (Lipinski definition) is 0. The van der Waals surface area contributed by atoms with Crippen LogP contribution in [0, 0.1) is 59.2 Å². The number of benzene rings is 10. The van der Waals surface area contributed by atoms with Gasteiger partial charge in [-0.25, -0.2) is 0 Å². The van der Waals surface area contributed by atoms with Crippen molar-refractivity contribution < 1.29 is 0 Å². The van der Waals surface area contributed by atoms with Crippen molar-refractivity contribution in [3.63, 3.8) is 0 Å². The molecule has 0 radical (unpaired) electrons. The van der Waals surface area contributed by atoms with Crippen molar-refractivity contribution in [1.82, 2.24) is 0 Å². The van der Waals surface area contributed by atoms with Gasteiger partial charge in [-0.3, -0.25) is 0 Å². The maximum atomic E-state index is 3.68. The zero-order valence-corrected chi connectivity index (χ0v) is 63.8. The maximum Gasteiger partial charge on any atom is 0.0406 e. The number of unbranched alkanes of at least 4 members (excludes halogenated alkanes) is 28. The Labute approximate surface area is 628 Å². The maximum absolute atomic E-state index is 3.68. The van der Waals surface area contributed by atoms with Crippen molar-refractivity contribution in [3.05, 3.63) is 250 Å². The normalized spacial score (nSPS) is 10.9. The molecule has 0 aliphatic carbocycles. The van der Waals surface area contributed by atoms with E-state index in [2.05, 4.69) is 291 Å². The summed E-state index contributed by atoms with van der Waals surface area (Å²) in [5, 5.41) is 8.91. The van der Waals surface area contributed by atoms with Crippen LogP contribution in [-0.2, 0) is 0 Å². The first kappa shape index (κ1) is 77.3. The third-order valence-electron chi connectivity index (χ3n) is 20.9. The summed E-state index contributed by atoms with van der Waals surface area (Å²) < 4.78 is 0. The molecule has 10 aromatic carbocycles. The van der Waals surface area contributed by atoms with E-state index in [4.69, 9.17) is 0 Å². The summed E-state index contributed by atoms with van der Waals surface area (Å²) in [5.74, 6) is 35.7. The average Bonchev–Trinajstić information content (AvgIpc) is 0.762. The van der Waals surface area contributed by atoms with E-state index in [1.54, 1.807) is 0 Å².